The zero-order valence-corrected chi connectivity index (χ0v) is 13.0. The number of fused-ring (bicyclic) bond motifs is 1. The summed E-state index contributed by atoms with van der Waals surface area (Å²) in [4.78, 5) is 8.64. The molecule has 1 fully saturated rings. The Morgan fingerprint density at radius 1 is 1.42 bits per heavy atom. The molecular weight excluding hydrogens is 301 g/mol. The Hall–Kier alpha value is -0.450. The molecule has 0 spiro atoms. The lowest BCUT2D eigenvalue weighted by atomic mass is 9.84. The van der Waals surface area contributed by atoms with Gasteiger partial charge in [-0.15, -0.1) is 11.6 Å². The molecule has 102 valence electrons. The van der Waals surface area contributed by atoms with Crippen LogP contribution in [-0.2, 0) is 12.4 Å². The van der Waals surface area contributed by atoms with Crippen molar-refractivity contribution in [1.82, 2.24) is 14.5 Å². The van der Waals surface area contributed by atoms with Crippen LogP contribution >= 0.6 is 35.0 Å². The van der Waals surface area contributed by atoms with Gasteiger partial charge in [0.2, 0.25) is 0 Å². The van der Waals surface area contributed by atoms with Gasteiger partial charge in [0.25, 0.3) is 0 Å². The number of pyridine rings is 1. The zero-order valence-electron chi connectivity index (χ0n) is 10.7. The van der Waals surface area contributed by atoms with E-state index in [0.717, 1.165) is 23.4 Å². The van der Waals surface area contributed by atoms with Crippen LogP contribution in [0.15, 0.2) is 12.4 Å². The molecule has 0 atom stereocenters. The molecular formula is C13H15Cl2N3S. The Morgan fingerprint density at radius 3 is 2.79 bits per heavy atom. The van der Waals surface area contributed by atoms with Gasteiger partial charge in [-0.1, -0.05) is 18.0 Å². The third kappa shape index (κ3) is 2.24. The highest BCUT2D eigenvalue weighted by Crippen LogP contribution is 2.45. The van der Waals surface area contributed by atoms with E-state index in [1.807, 2.05) is 11.8 Å². The zero-order chi connectivity index (χ0) is 13.5. The van der Waals surface area contributed by atoms with Crippen LogP contribution in [0.1, 0.15) is 25.1 Å². The van der Waals surface area contributed by atoms with Crippen molar-refractivity contribution in [3.8, 4) is 0 Å². The lowest BCUT2D eigenvalue weighted by Crippen LogP contribution is -2.38. The van der Waals surface area contributed by atoms with Crippen molar-refractivity contribution in [2.24, 2.45) is 0 Å². The minimum Gasteiger partial charge on any atom is -0.324 e. The molecule has 0 radical (unpaired) electrons. The van der Waals surface area contributed by atoms with Crippen LogP contribution < -0.4 is 0 Å². The first-order valence-electron chi connectivity index (χ1n) is 6.29. The molecule has 6 heteroatoms. The fraction of sp³-hybridized carbons (Fsp3) is 0.538. The number of halogens is 2. The van der Waals surface area contributed by atoms with Gasteiger partial charge in [0.05, 0.1) is 22.6 Å². The quantitative estimate of drug-likeness (QED) is 0.795. The number of aromatic nitrogens is 3. The lowest BCUT2D eigenvalue weighted by molar-refractivity contribution is 0.322. The van der Waals surface area contributed by atoms with E-state index in [2.05, 4.69) is 20.8 Å². The molecule has 2 aromatic rings. The normalized spacial score (nSPS) is 17.6. The van der Waals surface area contributed by atoms with Crippen LogP contribution in [0.5, 0.6) is 0 Å². The maximum Gasteiger partial charge on any atom is 0.125 e. The number of nitrogens with zero attached hydrogens (tertiary/aromatic N) is 3. The minimum atomic E-state index is 0.320. The number of imidazole rings is 1. The summed E-state index contributed by atoms with van der Waals surface area (Å²) in [5.41, 5.74) is 1.80. The van der Waals surface area contributed by atoms with Crippen molar-refractivity contribution in [2.45, 2.75) is 36.4 Å². The van der Waals surface area contributed by atoms with Crippen LogP contribution in [0.4, 0.5) is 0 Å². The van der Waals surface area contributed by atoms with Gasteiger partial charge in [0.15, 0.2) is 0 Å². The van der Waals surface area contributed by atoms with Gasteiger partial charge in [-0.25, -0.2) is 4.98 Å². The Balaban J connectivity index is 2.10. The third-order valence-electron chi connectivity index (χ3n) is 3.95. The third-order valence-corrected chi connectivity index (χ3v) is 5.87. The molecule has 2 aromatic heterocycles. The van der Waals surface area contributed by atoms with Crippen molar-refractivity contribution in [1.29, 1.82) is 0 Å². The average Bonchev–Trinajstić information content (AvgIpc) is 2.73. The molecule has 0 unspecified atom stereocenters. The van der Waals surface area contributed by atoms with Gasteiger partial charge in [0, 0.05) is 17.5 Å². The first-order chi connectivity index (χ1) is 9.19. The van der Waals surface area contributed by atoms with Gasteiger partial charge < -0.3 is 4.57 Å². The van der Waals surface area contributed by atoms with Crippen molar-refractivity contribution in [3.05, 3.63) is 23.2 Å². The molecule has 0 aliphatic heterocycles. The molecule has 2 heterocycles. The fourth-order valence-corrected chi connectivity index (χ4v) is 4.07. The van der Waals surface area contributed by atoms with E-state index < -0.39 is 0 Å². The van der Waals surface area contributed by atoms with Crippen molar-refractivity contribution < 1.29 is 0 Å². The van der Waals surface area contributed by atoms with Crippen molar-refractivity contribution >= 4 is 46.0 Å². The van der Waals surface area contributed by atoms with Gasteiger partial charge in [0.1, 0.15) is 11.3 Å². The fourth-order valence-electron chi connectivity index (χ4n) is 2.65. The smallest absolute Gasteiger partial charge is 0.125 e. The maximum atomic E-state index is 6.29. The molecule has 0 bridgehead atoms. The summed E-state index contributed by atoms with van der Waals surface area (Å²) < 4.78 is 2.50. The molecule has 1 aliphatic carbocycles. The Bertz CT molecular complexity index is 602. The second-order valence-electron chi connectivity index (χ2n) is 4.98. The highest BCUT2D eigenvalue weighted by molar-refractivity contribution is 8.00. The summed E-state index contributed by atoms with van der Waals surface area (Å²) in [7, 11) is 0. The Morgan fingerprint density at radius 2 is 2.21 bits per heavy atom. The van der Waals surface area contributed by atoms with Gasteiger partial charge in [-0.2, -0.15) is 11.8 Å². The van der Waals surface area contributed by atoms with Crippen molar-refractivity contribution in [2.75, 3.05) is 6.26 Å². The second-order valence-corrected chi connectivity index (χ2v) is 6.93. The average molecular weight is 316 g/mol. The maximum absolute atomic E-state index is 6.29. The van der Waals surface area contributed by atoms with Crippen LogP contribution in [-0.4, -0.2) is 25.5 Å². The van der Waals surface area contributed by atoms with Gasteiger partial charge in [-0.3, -0.25) is 4.98 Å². The molecule has 0 amide bonds. The Kier molecular flexibility index (Phi) is 3.67. The molecule has 1 aliphatic rings. The van der Waals surface area contributed by atoms with Crippen LogP contribution in [0.3, 0.4) is 0 Å². The first-order valence-corrected chi connectivity index (χ1v) is 8.42. The summed E-state index contributed by atoms with van der Waals surface area (Å²) in [5, 5.41) is 0.650. The van der Waals surface area contributed by atoms with Gasteiger partial charge in [-0.05, 0) is 19.1 Å². The van der Waals surface area contributed by atoms with E-state index in [9.17, 15) is 0 Å². The van der Waals surface area contributed by atoms with Crippen LogP contribution in [0.2, 0.25) is 5.02 Å². The van der Waals surface area contributed by atoms with E-state index in [4.69, 9.17) is 23.2 Å². The number of hydrogen-bond acceptors (Lipinski definition) is 3. The predicted molar refractivity (Wildman–Crippen MR) is 82.2 cm³/mol. The highest BCUT2D eigenvalue weighted by atomic mass is 35.5. The second kappa shape index (κ2) is 5.15. The standard InChI is InChI=1S/C13H15Cl2N3S/c1-19-13(3-2-4-13)8-18-11(5-14)17-10-7-16-6-9(15)12(10)18/h6-7H,2-5,8H2,1H3. The van der Waals surface area contributed by atoms with E-state index >= 15 is 0 Å². The Labute approximate surface area is 126 Å². The lowest BCUT2D eigenvalue weighted by Gasteiger charge is -2.41. The highest BCUT2D eigenvalue weighted by Gasteiger charge is 2.37. The van der Waals surface area contributed by atoms with E-state index in [1.165, 1.54) is 19.3 Å². The molecule has 0 saturated heterocycles. The predicted octanol–water partition coefficient (Wildman–Crippen LogP) is 4.11. The van der Waals surface area contributed by atoms with Crippen LogP contribution in [0, 0.1) is 0 Å². The largest absolute Gasteiger partial charge is 0.324 e. The number of alkyl halides is 1. The molecule has 3 rings (SSSR count). The monoisotopic (exact) mass is 315 g/mol. The SMILES string of the molecule is CSC1(Cn2c(CCl)nc3cncc(Cl)c32)CCC1. The number of rotatable bonds is 4. The topological polar surface area (TPSA) is 30.7 Å². The summed E-state index contributed by atoms with van der Waals surface area (Å²) in [6.45, 7) is 0.927. The van der Waals surface area contributed by atoms with E-state index in [0.29, 0.717) is 15.6 Å². The summed E-state index contributed by atoms with van der Waals surface area (Å²) in [5.74, 6) is 1.28. The van der Waals surface area contributed by atoms with Crippen molar-refractivity contribution in [3.63, 3.8) is 0 Å². The number of thioether (sulfide) groups is 1. The molecule has 0 aromatic carbocycles. The first kappa shape index (κ1) is 13.5. The molecule has 3 nitrogen and oxygen atoms in total. The summed E-state index contributed by atoms with van der Waals surface area (Å²) in [6.07, 6.45) is 9.41. The summed E-state index contributed by atoms with van der Waals surface area (Å²) in [6, 6.07) is 0. The molecule has 0 N–H and O–H groups in total. The summed E-state index contributed by atoms with van der Waals surface area (Å²) >= 11 is 14.3. The molecule has 1 saturated carbocycles. The van der Waals surface area contributed by atoms with Crippen LogP contribution in [0.25, 0.3) is 11.0 Å². The molecule has 19 heavy (non-hydrogen) atoms. The van der Waals surface area contributed by atoms with E-state index in [1.54, 1.807) is 12.4 Å². The van der Waals surface area contributed by atoms with Gasteiger partial charge >= 0.3 is 0 Å². The minimum absolute atomic E-state index is 0.320. The van der Waals surface area contributed by atoms with E-state index in [-0.39, 0.29) is 0 Å². The number of hydrogen-bond donors (Lipinski definition) is 0.